The summed E-state index contributed by atoms with van der Waals surface area (Å²) in [6.07, 6.45) is 0. The molecule has 0 unspecified atom stereocenters. The van der Waals surface area contributed by atoms with Crippen molar-refractivity contribution in [1.82, 2.24) is 14.9 Å². The summed E-state index contributed by atoms with van der Waals surface area (Å²) in [5.41, 5.74) is 0.984. The molecule has 0 bridgehead atoms. The van der Waals surface area contributed by atoms with Crippen molar-refractivity contribution in [3.63, 3.8) is 0 Å². The number of rotatable bonds is 9. The standard InChI is InChI=1S/C27H21BrN6O5/c1-33(2)26(35)19-9-6-10-21(13-19)39-27-31-24(30-16-17-7-4-3-5-8-17)23(34(36)37)25(32-27)38-22-12-18(15-29)11-20(28)14-22/h3-14H,16H2,1-2H3,(H,30,31,32). The maximum Gasteiger partial charge on any atom is 0.373 e. The maximum absolute atomic E-state index is 12.4. The summed E-state index contributed by atoms with van der Waals surface area (Å²) in [5.74, 6) is -0.391. The van der Waals surface area contributed by atoms with E-state index in [1.807, 2.05) is 36.4 Å². The van der Waals surface area contributed by atoms with Crippen LogP contribution in [0.25, 0.3) is 0 Å². The Morgan fingerprint density at radius 3 is 2.51 bits per heavy atom. The Balaban J connectivity index is 1.77. The lowest BCUT2D eigenvalue weighted by molar-refractivity contribution is -0.385. The first-order chi connectivity index (χ1) is 18.7. The molecule has 0 radical (unpaired) electrons. The van der Waals surface area contributed by atoms with E-state index in [-0.39, 0.29) is 41.3 Å². The van der Waals surface area contributed by atoms with Gasteiger partial charge in [0.25, 0.3) is 5.91 Å². The topological polar surface area (TPSA) is 144 Å². The van der Waals surface area contributed by atoms with Gasteiger partial charge in [-0.2, -0.15) is 15.2 Å². The van der Waals surface area contributed by atoms with E-state index < -0.39 is 16.5 Å². The molecule has 39 heavy (non-hydrogen) atoms. The number of amides is 1. The number of aromatic nitrogens is 2. The Morgan fingerprint density at radius 1 is 1.05 bits per heavy atom. The Morgan fingerprint density at radius 2 is 1.82 bits per heavy atom. The van der Waals surface area contributed by atoms with Crippen LogP contribution in [0.3, 0.4) is 0 Å². The zero-order chi connectivity index (χ0) is 27.9. The van der Waals surface area contributed by atoms with Gasteiger partial charge in [-0.15, -0.1) is 0 Å². The molecular formula is C27H21BrN6O5. The van der Waals surface area contributed by atoms with Crippen LogP contribution in [0.1, 0.15) is 21.5 Å². The molecule has 1 heterocycles. The molecule has 1 amide bonds. The minimum atomic E-state index is -0.661. The molecule has 0 saturated carbocycles. The van der Waals surface area contributed by atoms with Crippen molar-refractivity contribution in [2.45, 2.75) is 6.54 Å². The van der Waals surface area contributed by atoms with Crippen LogP contribution in [0.5, 0.6) is 23.4 Å². The smallest absolute Gasteiger partial charge is 0.373 e. The van der Waals surface area contributed by atoms with Crippen molar-refractivity contribution < 1.29 is 19.2 Å². The van der Waals surface area contributed by atoms with Crippen LogP contribution in [0.2, 0.25) is 0 Å². The molecule has 0 aliphatic heterocycles. The average Bonchev–Trinajstić information content (AvgIpc) is 2.91. The number of carbonyl (C=O) groups is 1. The van der Waals surface area contributed by atoms with Gasteiger partial charge in [0, 0.05) is 30.7 Å². The van der Waals surface area contributed by atoms with E-state index in [2.05, 4.69) is 31.2 Å². The number of carbonyl (C=O) groups excluding carboxylic acids is 1. The molecule has 12 heteroatoms. The highest BCUT2D eigenvalue weighted by molar-refractivity contribution is 9.10. The summed E-state index contributed by atoms with van der Waals surface area (Å²) in [7, 11) is 3.26. The van der Waals surface area contributed by atoms with Crippen molar-refractivity contribution in [3.8, 4) is 29.5 Å². The second kappa shape index (κ2) is 12.0. The lowest BCUT2D eigenvalue weighted by Crippen LogP contribution is -2.21. The third-order valence-corrected chi connectivity index (χ3v) is 5.69. The molecule has 4 rings (SSSR count). The minimum Gasteiger partial charge on any atom is -0.433 e. The van der Waals surface area contributed by atoms with Gasteiger partial charge in [0.05, 0.1) is 16.6 Å². The molecule has 11 nitrogen and oxygen atoms in total. The van der Waals surface area contributed by atoms with Crippen molar-refractivity contribution >= 4 is 33.3 Å². The van der Waals surface area contributed by atoms with E-state index in [0.29, 0.717) is 10.0 Å². The van der Waals surface area contributed by atoms with E-state index in [0.717, 1.165) is 5.56 Å². The predicted molar refractivity (Wildman–Crippen MR) is 146 cm³/mol. The number of nitriles is 1. The van der Waals surface area contributed by atoms with Gasteiger partial charge in [-0.3, -0.25) is 14.9 Å². The number of nitro groups is 1. The van der Waals surface area contributed by atoms with Crippen LogP contribution in [-0.4, -0.2) is 39.8 Å². The van der Waals surface area contributed by atoms with Gasteiger partial charge in [0.2, 0.25) is 5.82 Å². The summed E-state index contributed by atoms with van der Waals surface area (Å²) in [6.45, 7) is 0.222. The molecule has 1 aromatic heterocycles. The zero-order valence-electron chi connectivity index (χ0n) is 20.8. The van der Waals surface area contributed by atoms with Crippen LogP contribution >= 0.6 is 15.9 Å². The molecule has 0 aliphatic rings. The van der Waals surface area contributed by atoms with Gasteiger partial charge < -0.3 is 19.7 Å². The van der Waals surface area contributed by atoms with Gasteiger partial charge >= 0.3 is 17.6 Å². The van der Waals surface area contributed by atoms with Crippen LogP contribution in [-0.2, 0) is 6.54 Å². The van der Waals surface area contributed by atoms with Gasteiger partial charge in [0.15, 0.2) is 0 Å². The van der Waals surface area contributed by atoms with Crippen LogP contribution in [0.4, 0.5) is 11.5 Å². The zero-order valence-corrected chi connectivity index (χ0v) is 22.4. The molecule has 0 saturated heterocycles. The fourth-order valence-corrected chi connectivity index (χ4v) is 3.93. The van der Waals surface area contributed by atoms with Crippen molar-refractivity contribution in [1.29, 1.82) is 5.26 Å². The average molecular weight is 589 g/mol. The van der Waals surface area contributed by atoms with Gasteiger partial charge in [0.1, 0.15) is 11.5 Å². The first-order valence-electron chi connectivity index (χ1n) is 11.5. The van der Waals surface area contributed by atoms with E-state index in [9.17, 15) is 20.2 Å². The molecule has 0 atom stereocenters. The fourth-order valence-electron chi connectivity index (χ4n) is 3.46. The SMILES string of the molecule is CN(C)C(=O)c1cccc(Oc2nc(NCc3ccccc3)c([N+](=O)[O-])c(Oc3cc(Br)cc(C#N)c3)n2)c1. The minimum absolute atomic E-state index is 0.139. The van der Waals surface area contributed by atoms with Crippen molar-refractivity contribution in [2.24, 2.45) is 0 Å². The molecular weight excluding hydrogens is 568 g/mol. The maximum atomic E-state index is 12.4. The van der Waals surface area contributed by atoms with Gasteiger partial charge in [-0.25, -0.2) is 0 Å². The molecule has 1 N–H and O–H groups in total. The molecule has 0 spiro atoms. The molecule has 0 aliphatic carbocycles. The molecule has 4 aromatic rings. The van der Waals surface area contributed by atoms with Crippen molar-refractivity contribution in [2.75, 3.05) is 19.4 Å². The lowest BCUT2D eigenvalue weighted by atomic mass is 10.2. The number of halogens is 1. The molecule has 196 valence electrons. The summed E-state index contributed by atoms with van der Waals surface area (Å²) in [5, 5.41) is 24.4. The Kier molecular flexibility index (Phi) is 8.33. The van der Waals surface area contributed by atoms with Crippen LogP contribution < -0.4 is 14.8 Å². The van der Waals surface area contributed by atoms with Crippen molar-refractivity contribution in [3.05, 3.63) is 104 Å². The number of anilines is 1. The monoisotopic (exact) mass is 588 g/mol. The number of hydrogen-bond acceptors (Lipinski definition) is 9. The number of benzene rings is 3. The fraction of sp³-hybridized carbons (Fsp3) is 0.111. The number of hydrogen-bond donors (Lipinski definition) is 1. The highest BCUT2D eigenvalue weighted by Gasteiger charge is 2.28. The second-order valence-corrected chi connectivity index (χ2v) is 9.24. The van der Waals surface area contributed by atoms with Crippen LogP contribution in [0.15, 0.2) is 77.3 Å². The predicted octanol–water partition coefficient (Wildman–Crippen LogP) is 5.92. The lowest BCUT2D eigenvalue weighted by Gasteiger charge is -2.13. The first kappa shape index (κ1) is 27.0. The summed E-state index contributed by atoms with van der Waals surface area (Å²) >= 11 is 3.30. The highest BCUT2D eigenvalue weighted by atomic mass is 79.9. The number of ether oxygens (including phenoxy) is 2. The third-order valence-electron chi connectivity index (χ3n) is 5.23. The first-order valence-corrected chi connectivity index (χ1v) is 12.2. The molecule has 3 aromatic carbocycles. The Hall–Kier alpha value is -5.02. The van der Waals surface area contributed by atoms with E-state index in [1.54, 1.807) is 44.4 Å². The Labute approximate surface area is 231 Å². The van der Waals surface area contributed by atoms with Gasteiger partial charge in [-0.1, -0.05) is 52.3 Å². The summed E-state index contributed by atoms with van der Waals surface area (Å²) in [4.78, 5) is 33.7. The summed E-state index contributed by atoms with van der Waals surface area (Å²) < 4.78 is 12.2. The quantitative estimate of drug-likeness (QED) is 0.186. The number of nitrogens with zero attached hydrogens (tertiary/aromatic N) is 5. The van der Waals surface area contributed by atoms with Crippen LogP contribution in [0, 0.1) is 21.4 Å². The van der Waals surface area contributed by atoms with E-state index in [4.69, 9.17) is 9.47 Å². The summed E-state index contributed by atoms with van der Waals surface area (Å²) in [6, 6.07) is 21.9. The Bertz CT molecular complexity index is 1570. The number of nitrogens with one attached hydrogen (secondary N) is 1. The van der Waals surface area contributed by atoms with Gasteiger partial charge in [-0.05, 0) is 42.0 Å². The second-order valence-electron chi connectivity index (χ2n) is 8.32. The third kappa shape index (κ3) is 6.85. The largest absolute Gasteiger partial charge is 0.433 e. The normalized spacial score (nSPS) is 10.3. The molecule has 0 fully saturated rings. The van der Waals surface area contributed by atoms with E-state index in [1.165, 1.54) is 17.0 Å². The highest BCUT2D eigenvalue weighted by Crippen LogP contribution is 2.38. The van der Waals surface area contributed by atoms with E-state index >= 15 is 0 Å².